The summed E-state index contributed by atoms with van der Waals surface area (Å²) in [6.07, 6.45) is 4.26. The number of hydrogen-bond acceptors (Lipinski definition) is 2. The van der Waals surface area contributed by atoms with Crippen molar-refractivity contribution in [2.75, 3.05) is 0 Å². The summed E-state index contributed by atoms with van der Waals surface area (Å²) in [7, 11) is 0. The van der Waals surface area contributed by atoms with Gasteiger partial charge >= 0.3 is 0 Å². The third-order valence-corrected chi connectivity index (χ3v) is 4.23. The highest BCUT2D eigenvalue weighted by Gasteiger charge is 2.28. The number of aromatic nitrogens is 2. The molecule has 102 valence electrons. The first-order valence-corrected chi connectivity index (χ1v) is 7.22. The minimum atomic E-state index is -0.0639. The molecule has 1 saturated carbocycles. The average Bonchev–Trinajstić information content (AvgIpc) is 3.03. The van der Waals surface area contributed by atoms with Gasteiger partial charge in [0, 0.05) is 17.7 Å². The maximum Gasteiger partial charge on any atom is 0.272 e. The van der Waals surface area contributed by atoms with Gasteiger partial charge in [-0.05, 0) is 42.9 Å². The second-order valence-electron chi connectivity index (χ2n) is 5.83. The monoisotopic (exact) mass is 267 g/mol. The Balaban J connectivity index is 1.43. The van der Waals surface area contributed by atoms with Crippen LogP contribution in [-0.4, -0.2) is 22.1 Å². The summed E-state index contributed by atoms with van der Waals surface area (Å²) in [6, 6.07) is 10.5. The molecule has 0 atom stereocenters. The van der Waals surface area contributed by atoms with Crippen LogP contribution in [0.25, 0.3) is 0 Å². The van der Waals surface area contributed by atoms with Crippen molar-refractivity contribution in [1.82, 2.24) is 15.5 Å². The van der Waals surface area contributed by atoms with Gasteiger partial charge in [-0.2, -0.15) is 5.10 Å². The first-order valence-electron chi connectivity index (χ1n) is 7.22. The Morgan fingerprint density at radius 1 is 1.20 bits per heavy atom. The van der Waals surface area contributed by atoms with E-state index in [1.807, 2.05) is 6.07 Å². The number of nitrogens with zero attached hydrogens (tertiary/aromatic N) is 1. The molecule has 2 N–H and O–H groups in total. The molecular formula is C16H17N3O. The predicted octanol–water partition coefficient (Wildman–Crippen LogP) is 2.18. The van der Waals surface area contributed by atoms with E-state index in [1.54, 1.807) is 0 Å². The molecule has 4 heteroatoms. The summed E-state index contributed by atoms with van der Waals surface area (Å²) in [5.74, 6) is 0.533. The lowest BCUT2D eigenvalue weighted by Crippen LogP contribution is -2.35. The minimum Gasteiger partial charge on any atom is -0.347 e. The number of fused-ring (bicyclic) bond motifs is 1. The number of H-pyrrole nitrogens is 1. The van der Waals surface area contributed by atoms with Crippen molar-refractivity contribution < 1.29 is 4.79 Å². The zero-order valence-electron chi connectivity index (χ0n) is 11.2. The number of aromatic amines is 1. The van der Waals surface area contributed by atoms with Gasteiger partial charge in [0.25, 0.3) is 5.91 Å². The molecule has 2 aliphatic carbocycles. The standard InChI is InChI=1S/C16H17N3O/c20-16(15-9-14(18-19-15)10-5-6-10)17-13-7-11-3-1-2-4-12(11)8-13/h1-4,9-10,13H,5-8H2,(H,17,20)(H,18,19). The molecule has 0 saturated heterocycles. The SMILES string of the molecule is O=C(NC1Cc2ccccc2C1)c1cc(C2CC2)[nH]n1. The fourth-order valence-corrected chi connectivity index (χ4v) is 2.98. The average molecular weight is 267 g/mol. The van der Waals surface area contributed by atoms with E-state index in [0.717, 1.165) is 18.5 Å². The van der Waals surface area contributed by atoms with Crippen LogP contribution in [0.2, 0.25) is 0 Å². The lowest BCUT2D eigenvalue weighted by Gasteiger charge is -2.10. The van der Waals surface area contributed by atoms with Crippen LogP contribution in [0, 0.1) is 0 Å². The van der Waals surface area contributed by atoms with E-state index in [-0.39, 0.29) is 11.9 Å². The number of rotatable bonds is 3. The number of nitrogens with one attached hydrogen (secondary N) is 2. The third kappa shape index (κ3) is 2.11. The van der Waals surface area contributed by atoms with Crippen LogP contribution >= 0.6 is 0 Å². The summed E-state index contributed by atoms with van der Waals surface area (Å²) < 4.78 is 0. The lowest BCUT2D eigenvalue weighted by atomic mass is 10.1. The van der Waals surface area contributed by atoms with Gasteiger partial charge in [-0.15, -0.1) is 0 Å². The number of hydrogen-bond donors (Lipinski definition) is 2. The number of carbonyl (C=O) groups excluding carboxylic acids is 1. The van der Waals surface area contributed by atoms with Crippen LogP contribution in [0.4, 0.5) is 0 Å². The zero-order valence-corrected chi connectivity index (χ0v) is 11.2. The van der Waals surface area contributed by atoms with Gasteiger partial charge < -0.3 is 5.32 Å². The van der Waals surface area contributed by atoms with Gasteiger partial charge in [0.1, 0.15) is 5.69 Å². The first-order chi connectivity index (χ1) is 9.79. The molecule has 20 heavy (non-hydrogen) atoms. The Bertz CT molecular complexity index is 632. The Labute approximate surface area is 117 Å². The summed E-state index contributed by atoms with van der Waals surface area (Å²) in [4.78, 5) is 12.2. The first kappa shape index (κ1) is 11.7. The molecule has 2 aliphatic rings. The van der Waals surface area contributed by atoms with E-state index in [0.29, 0.717) is 11.6 Å². The van der Waals surface area contributed by atoms with Crippen LogP contribution in [0.15, 0.2) is 30.3 Å². The highest BCUT2D eigenvalue weighted by molar-refractivity contribution is 5.92. The molecule has 4 nitrogen and oxygen atoms in total. The molecule has 4 rings (SSSR count). The van der Waals surface area contributed by atoms with Gasteiger partial charge in [0.2, 0.25) is 0 Å². The maximum absolute atomic E-state index is 12.2. The van der Waals surface area contributed by atoms with Crippen molar-refractivity contribution in [3.05, 3.63) is 52.8 Å². The Kier molecular flexibility index (Phi) is 2.62. The van der Waals surface area contributed by atoms with E-state index >= 15 is 0 Å². The van der Waals surface area contributed by atoms with Crippen molar-refractivity contribution >= 4 is 5.91 Å². The van der Waals surface area contributed by atoms with Crippen molar-refractivity contribution in [2.24, 2.45) is 0 Å². The summed E-state index contributed by atoms with van der Waals surface area (Å²) in [5.41, 5.74) is 4.31. The minimum absolute atomic E-state index is 0.0639. The molecular weight excluding hydrogens is 250 g/mol. The number of benzene rings is 1. The van der Waals surface area contributed by atoms with Gasteiger partial charge in [0.15, 0.2) is 0 Å². The van der Waals surface area contributed by atoms with Gasteiger partial charge in [-0.3, -0.25) is 9.89 Å². The zero-order chi connectivity index (χ0) is 13.5. The topological polar surface area (TPSA) is 57.8 Å². The summed E-state index contributed by atoms with van der Waals surface area (Å²) >= 11 is 0. The molecule has 0 radical (unpaired) electrons. The van der Waals surface area contributed by atoms with Gasteiger partial charge in [-0.25, -0.2) is 0 Å². The highest BCUT2D eigenvalue weighted by atomic mass is 16.2. The third-order valence-electron chi connectivity index (χ3n) is 4.23. The van der Waals surface area contributed by atoms with Crippen molar-refractivity contribution in [3.8, 4) is 0 Å². The molecule has 0 unspecified atom stereocenters. The predicted molar refractivity (Wildman–Crippen MR) is 75.7 cm³/mol. The number of amides is 1. The van der Waals surface area contributed by atoms with Crippen LogP contribution in [0.1, 0.15) is 46.1 Å². The van der Waals surface area contributed by atoms with Crippen molar-refractivity contribution in [2.45, 2.75) is 37.6 Å². The quantitative estimate of drug-likeness (QED) is 0.895. The molecule has 1 heterocycles. The molecule has 0 spiro atoms. The second kappa shape index (κ2) is 4.47. The van der Waals surface area contributed by atoms with Gasteiger partial charge in [0.05, 0.1) is 0 Å². The number of carbonyl (C=O) groups is 1. The second-order valence-corrected chi connectivity index (χ2v) is 5.83. The Morgan fingerprint density at radius 2 is 1.90 bits per heavy atom. The molecule has 0 aliphatic heterocycles. The summed E-state index contributed by atoms with van der Waals surface area (Å²) in [5, 5.41) is 10.2. The molecule has 1 aromatic carbocycles. The molecule has 1 aromatic heterocycles. The molecule has 2 aromatic rings. The van der Waals surface area contributed by atoms with E-state index in [1.165, 1.54) is 24.0 Å². The van der Waals surface area contributed by atoms with Gasteiger partial charge in [-0.1, -0.05) is 24.3 Å². The fourth-order valence-electron chi connectivity index (χ4n) is 2.98. The molecule has 1 fully saturated rings. The Hall–Kier alpha value is -2.10. The van der Waals surface area contributed by atoms with Crippen LogP contribution < -0.4 is 5.32 Å². The fraction of sp³-hybridized carbons (Fsp3) is 0.375. The van der Waals surface area contributed by atoms with E-state index in [4.69, 9.17) is 0 Å². The van der Waals surface area contributed by atoms with Crippen LogP contribution in [-0.2, 0) is 12.8 Å². The van der Waals surface area contributed by atoms with E-state index in [9.17, 15) is 4.79 Å². The van der Waals surface area contributed by atoms with Crippen molar-refractivity contribution in [3.63, 3.8) is 0 Å². The van der Waals surface area contributed by atoms with E-state index in [2.05, 4.69) is 39.8 Å². The smallest absolute Gasteiger partial charge is 0.272 e. The lowest BCUT2D eigenvalue weighted by molar-refractivity contribution is 0.0933. The maximum atomic E-state index is 12.2. The van der Waals surface area contributed by atoms with Crippen LogP contribution in [0.5, 0.6) is 0 Å². The normalized spacial score (nSPS) is 18.0. The molecule has 1 amide bonds. The van der Waals surface area contributed by atoms with E-state index < -0.39 is 0 Å². The van der Waals surface area contributed by atoms with Crippen LogP contribution in [0.3, 0.4) is 0 Å². The summed E-state index contributed by atoms with van der Waals surface area (Å²) in [6.45, 7) is 0. The largest absolute Gasteiger partial charge is 0.347 e. The highest BCUT2D eigenvalue weighted by Crippen LogP contribution is 2.39. The molecule has 0 bridgehead atoms. The Morgan fingerprint density at radius 3 is 2.55 bits per heavy atom. The van der Waals surface area contributed by atoms with Crippen molar-refractivity contribution in [1.29, 1.82) is 0 Å².